The summed E-state index contributed by atoms with van der Waals surface area (Å²) in [6.45, 7) is 8.00. The Labute approximate surface area is 166 Å². The molecule has 10 nitrogen and oxygen atoms in total. The Morgan fingerprint density at radius 2 is 1.52 bits per heavy atom. The van der Waals surface area contributed by atoms with Crippen molar-refractivity contribution in [3.8, 4) is 0 Å². The first kappa shape index (κ1) is 25.5. The standard InChI is InChI=1S/C10H16O4.C9H6O6/c1-4-13-5-6-14-10(12)7-9(11)8(2)3;10-7(11)4-1-2-5(8(12)13)6(3-4)9(14)15/h2,4-7H2,1,3H3;1-3H,(H,10,11)(H,12,13)(H,14,15). The van der Waals surface area contributed by atoms with Crippen LogP contribution in [-0.2, 0) is 19.1 Å². The first-order valence-electron chi connectivity index (χ1n) is 8.27. The molecule has 0 unspecified atom stereocenters. The lowest BCUT2D eigenvalue weighted by Gasteiger charge is -2.03. The quantitative estimate of drug-likeness (QED) is 0.224. The largest absolute Gasteiger partial charge is 0.478 e. The fourth-order valence-corrected chi connectivity index (χ4v) is 1.73. The van der Waals surface area contributed by atoms with Crippen LogP contribution in [0, 0.1) is 0 Å². The van der Waals surface area contributed by atoms with Crippen molar-refractivity contribution in [1.29, 1.82) is 0 Å². The van der Waals surface area contributed by atoms with Crippen molar-refractivity contribution in [2.45, 2.75) is 20.3 Å². The SMILES string of the molecule is C=C(C)C(=O)CC(=O)OCCOCC.O=C(O)c1ccc(C(=O)O)c(C(=O)O)c1. The number of rotatable bonds is 10. The molecule has 3 N–H and O–H groups in total. The van der Waals surface area contributed by atoms with Crippen molar-refractivity contribution in [3.63, 3.8) is 0 Å². The van der Waals surface area contributed by atoms with Gasteiger partial charge in [-0.25, -0.2) is 14.4 Å². The lowest BCUT2D eigenvalue weighted by atomic mass is 10.0. The van der Waals surface area contributed by atoms with Crippen LogP contribution in [0.3, 0.4) is 0 Å². The van der Waals surface area contributed by atoms with Crippen molar-refractivity contribution < 1.29 is 48.8 Å². The Balaban J connectivity index is 0.000000543. The van der Waals surface area contributed by atoms with Crippen LogP contribution in [0.25, 0.3) is 0 Å². The van der Waals surface area contributed by atoms with Crippen LogP contribution in [0.4, 0.5) is 0 Å². The van der Waals surface area contributed by atoms with Gasteiger partial charge >= 0.3 is 23.9 Å². The predicted octanol–water partition coefficient (Wildman–Crippen LogP) is 1.88. The maximum atomic E-state index is 11.0. The van der Waals surface area contributed by atoms with Gasteiger partial charge in [0, 0.05) is 6.61 Å². The van der Waals surface area contributed by atoms with E-state index in [0.717, 1.165) is 18.2 Å². The number of hydrogen-bond acceptors (Lipinski definition) is 7. The van der Waals surface area contributed by atoms with Crippen molar-refractivity contribution >= 4 is 29.7 Å². The van der Waals surface area contributed by atoms with Crippen LogP contribution in [0.1, 0.15) is 51.3 Å². The maximum absolute atomic E-state index is 11.0. The van der Waals surface area contributed by atoms with E-state index >= 15 is 0 Å². The number of hydrogen-bond donors (Lipinski definition) is 3. The Kier molecular flexibility index (Phi) is 11.2. The van der Waals surface area contributed by atoms with Gasteiger partial charge in [0.2, 0.25) is 0 Å². The molecule has 0 aromatic heterocycles. The second-order valence-corrected chi connectivity index (χ2v) is 5.47. The third-order valence-electron chi connectivity index (χ3n) is 3.20. The number of aromatic carboxylic acids is 3. The van der Waals surface area contributed by atoms with Crippen LogP contribution >= 0.6 is 0 Å². The fraction of sp³-hybridized carbons (Fsp3) is 0.316. The first-order valence-corrected chi connectivity index (χ1v) is 8.27. The van der Waals surface area contributed by atoms with E-state index in [1.165, 1.54) is 0 Å². The highest BCUT2D eigenvalue weighted by Crippen LogP contribution is 2.12. The summed E-state index contributed by atoms with van der Waals surface area (Å²) >= 11 is 0. The minimum Gasteiger partial charge on any atom is -0.478 e. The van der Waals surface area contributed by atoms with Gasteiger partial charge in [0.15, 0.2) is 5.78 Å². The van der Waals surface area contributed by atoms with E-state index in [1.54, 1.807) is 6.92 Å². The van der Waals surface area contributed by atoms with Gasteiger partial charge in [0.05, 0.1) is 23.3 Å². The van der Waals surface area contributed by atoms with Crippen molar-refractivity contribution in [3.05, 3.63) is 47.0 Å². The highest BCUT2D eigenvalue weighted by Gasteiger charge is 2.18. The number of esters is 1. The van der Waals surface area contributed by atoms with Gasteiger partial charge in [0.25, 0.3) is 0 Å². The molecule has 10 heteroatoms. The molecule has 0 spiro atoms. The smallest absolute Gasteiger partial charge is 0.336 e. The zero-order valence-corrected chi connectivity index (χ0v) is 16.0. The Bertz CT molecular complexity index is 794. The second-order valence-electron chi connectivity index (χ2n) is 5.47. The molecular formula is C19H22O10. The topological polar surface area (TPSA) is 165 Å². The molecule has 0 aliphatic heterocycles. The van der Waals surface area contributed by atoms with E-state index < -0.39 is 35.0 Å². The molecule has 0 bridgehead atoms. The molecule has 0 saturated carbocycles. The molecule has 0 radical (unpaired) electrons. The monoisotopic (exact) mass is 410 g/mol. The average molecular weight is 410 g/mol. The number of Topliss-reactive ketones (excluding diaryl/α,β-unsaturated/α-hetero) is 1. The molecular weight excluding hydrogens is 388 g/mol. The molecule has 0 aliphatic carbocycles. The summed E-state index contributed by atoms with van der Waals surface area (Å²) in [7, 11) is 0. The molecule has 29 heavy (non-hydrogen) atoms. The van der Waals surface area contributed by atoms with Gasteiger partial charge in [-0.2, -0.15) is 0 Å². The third kappa shape index (κ3) is 9.82. The second kappa shape index (κ2) is 12.8. The number of ketones is 1. The summed E-state index contributed by atoms with van der Waals surface area (Å²) in [5.41, 5.74) is -0.876. The summed E-state index contributed by atoms with van der Waals surface area (Å²) in [6, 6.07) is 2.81. The van der Waals surface area contributed by atoms with E-state index in [1.807, 2.05) is 6.92 Å². The van der Waals surface area contributed by atoms with Gasteiger partial charge in [-0.15, -0.1) is 0 Å². The molecule has 0 aliphatic rings. The third-order valence-corrected chi connectivity index (χ3v) is 3.20. The summed E-state index contributed by atoms with van der Waals surface area (Å²) in [5, 5.41) is 25.9. The molecule has 0 atom stereocenters. The lowest BCUT2D eigenvalue weighted by molar-refractivity contribution is -0.146. The Morgan fingerprint density at radius 3 is 1.97 bits per heavy atom. The fourth-order valence-electron chi connectivity index (χ4n) is 1.73. The van der Waals surface area contributed by atoms with E-state index in [-0.39, 0.29) is 24.4 Å². The van der Waals surface area contributed by atoms with Gasteiger partial charge in [-0.05, 0) is 37.6 Å². The molecule has 0 heterocycles. The van der Waals surface area contributed by atoms with Crippen LogP contribution in [0.2, 0.25) is 0 Å². The predicted molar refractivity (Wildman–Crippen MR) is 99.2 cm³/mol. The van der Waals surface area contributed by atoms with Gasteiger partial charge in [-0.3, -0.25) is 9.59 Å². The highest BCUT2D eigenvalue weighted by atomic mass is 16.6. The summed E-state index contributed by atoms with van der Waals surface area (Å²) in [5.74, 6) is -5.02. The van der Waals surface area contributed by atoms with Gasteiger partial charge in [-0.1, -0.05) is 6.58 Å². The molecule has 1 rings (SSSR count). The highest BCUT2D eigenvalue weighted by molar-refractivity contribution is 6.05. The minimum atomic E-state index is -1.48. The molecule has 1 aromatic carbocycles. The number of benzene rings is 1. The van der Waals surface area contributed by atoms with E-state index in [2.05, 4.69) is 6.58 Å². The number of carboxylic acids is 3. The number of carbonyl (C=O) groups is 5. The number of ether oxygens (including phenoxy) is 2. The van der Waals surface area contributed by atoms with E-state index in [4.69, 9.17) is 24.8 Å². The van der Waals surface area contributed by atoms with Crippen molar-refractivity contribution in [2.75, 3.05) is 19.8 Å². The normalized spacial score (nSPS) is 9.59. The number of carboxylic acid groups (broad SMARTS) is 3. The zero-order valence-electron chi connectivity index (χ0n) is 16.0. The summed E-state index contributed by atoms with van der Waals surface area (Å²) < 4.78 is 9.70. The number of carbonyl (C=O) groups excluding carboxylic acids is 2. The van der Waals surface area contributed by atoms with E-state index in [9.17, 15) is 24.0 Å². The van der Waals surface area contributed by atoms with Crippen molar-refractivity contribution in [1.82, 2.24) is 0 Å². The molecule has 0 fully saturated rings. The van der Waals surface area contributed by atoms with Gasteiger partial charge < -0.3 is 24.8 Å². The van der Waals surface area contributed by atoms with Gasteiger partial charge in [0.1, 0.15) is 13.0 Å². The summed E-state index contributed by atoms with van der Waals surface area (Å²) in [6.07, 6.45) is -0.235. The lowest BCUT2D eigenvalue weighted by Crippen LogP contribution is -2.14. The first-order chi connectivity index (χ1) is 13.5. The van der Waals surface area contributed by atoms with Crippen LogP contribution in [-0.4, -0.2) is 64.8 Å². The molecule has 0 saturated heterocycles. The molecule has 1 aromatic rings. The van der Waals surface area contributed by atoms with Crippen LogP contribution < -0.4 is 0 Å². The summed E-state index contributed by atoms with van der Waals surface area (Å²) in [4.78, 5) is 53.7. The Morgan fingerprint density at radius 1 is 0.931 bits per heavy atom. The number of allylic oxidation sites excluding steroid dienone is 1. The Hall–Kier alpha value is -3.53. The van der Waals surface area contributed by atoms with Crippen LogP contribution in [0.15, 0.2) is 30.4 Å². The maximum Gasteiger partial charge on any atom is 0.336 e. The molecule has 158 valence electrons. The molecule has 0 amide bonds. The minimum absolute atomic E-state index is 0.191. The van der Waals surface area contributed by atoms with E-state index in [0.29, 0.717) is 18.8 Å². The average Bonchev–Trinajstić information content (AvgIpc) is 2.64. The van der Waals surface area contributed by atoms with Crippen LogP contribution in [0.5, 0.6) is 0 Å². The van der Waals surface area contributed by atoms with Crippen molar-refractivity contribution in [2.24, 2.45) is 0 Å². The zero-order chi connectivity index (χ0) is 22.6.